The van der Waals surface area contributed by atoms with E-state index < -0.39 is 17.7 Å². The number of phenolic OH excluding ortho intramolecular Hbond substituents is 1. The predicted molar refractivity (Wildman–Crippen MR) is 140 cm³/mol. The van der Waals surface area contributed by atoms with E-state index in [9.17, 15) is 19.8 Å². The third-order valence-electron chi connectivity index (χ3n) is 5.87. The number of hydrogen-bond donors (Lipinski definition) is 2. The molecule has 36 heavy (non-hydrogen) atoms. The number of halogens is 1. The molecular formula is C26H19BrN2O6S. The number of carbonyl (C=O) groups excluding carboxylic acids is 2. The molecule has 0 radical (unpaired) electrons. The van der Waals surface area contributed by atoms with Crippen LogP contribution >= 0.6 is 27.3 Å². The highest BCUT2D eigenvalue weighted by Crippen LogP contribution is 2.45. The smallest absolute Gasteiger partial charge is 0.301 e. The van der Waals surface area contributed by atoms with Crippen molar-refractivity contribution < 1.29 is 29.3 Å². The van der Waals surface area contributed by atoms with Crippen LogP contribution in [-0.2, 0) is 9.59 Å². The van der Waals surface area contributed by atoms with E-state index in [1.165, 1.54) is 35.5 Å². The lowest BCUT2D eigenvalue weighted by atomic mass is 9.95. The van der Waals surface area contributed by atoms with Crippen molar-refractivity contribution in [2.75, 3.05) is 19.1 Å². The summed E-state index contributed by atoms with van der Waals surface area (Å²) in [5.41, 5.74) is 1.41. The molecule has 8 nitrogen and oxygen atoms in total. The number of aromatic nitrogens is 1. The van der Waals surface area contributed by atoms with Gasteiger partial charge >= 0.3 is 5.91 Å². The van der Waals surface area contributed by atoms with Crippen LogP contribution in [0.4, 0.5) is 5.13 Å². The Bertz CT molecular complexity index is 1550. The van der Waals surface area contributed by atoms with Crippen molar-refractivity contribution in [3.8, 4) is 17.2 Å². The summed E-state index contributed by atoms with van der Waals surface area (Å²) >= 11 is 4.62. The van der Waals surface area contributed by atoms with Gasteiger partial charge in [0.2, 0.25) is 0 Å². The van der Waals surface area contributed by atoms with Gasteiger partial charge in [0.15, 0.2) is 5.13 Å². The van der Waals surface area contributed by atoms with Crippen LogP contribution in [-0.4, -0.2) is 41.1 Å². The molecule has 1 aromatic heterocycles. The van der Waals surface area contributed by atoms with E-state index in [4.69, 9.17) is 9.47 Å². The number of hydrogen-bond acceptors (Lipinski definition) is 8. The first-order valence-electron chi connectivity index (χ1n) is 10.7. The molecule has 1 unspecified atom stereocenters. The molecular weight excluding hydrogens is 548 g/mol. The number of aliphatic hydroxyl groups excluding tert-OH is 1. The molecule has 3 aromatic carbocycles. The van der Waals surface area contributed by atoms with Gasteiger partial charge in [-0.3, -0.25) is 14.5 Å². The molecule has 0 saturated carbocycles. The van der Waals surface area contributed by atoms with E-state index in [-0.39, 0.29) is 17.1 Å². The van der Waals surface area contributed by atoms with Crippen LogP contribution in [0.5, 0.6) is 17.2 Å². The average Bonchev–Trinajstić information content (AvgIpc) is 3.41. The number of carbonyl (C=O) groups is 2. The summed E-state index contributed by atoms with van der Waals surface area (Å²) in [5.74, 6) is -0.767. The maximum absolute atomic E-state index is 13.4. The lowest BCUT2D eigenvalue weighted by Crippen LogP contribution is -2.29. The van der Waals surface area contributed by atoms with Gasteiger partial charge in [-0.2, -0.15) is 0 Å². The zero-order valence-corrected chi connectivity index (χ0v) is 21.5. The average molecular weight is 567 g/mol. The Balaban J connectivity index is 1.71. The Morgan fingerprint density at radius 2 is 1.78 bits per heavy atom. The second-order valence-electron chi connectivity index (χ2n) is 7.94. The van der Waals surface area contributed by atoms with E-state index in [0.29, 0.717) is 37.7 Å². The van der Waals surface area contributed by atoms with Gasteiger partial charge in [-0.05, 0) is 70.0 Å². The highest BCUT2D eigenvalue weighted by Gasteiger charge is 2.48. The number of rotatable bonds is 5. The molecule has 4 aromatic rings. The summed E-state index contributed by atoms with van der Waals surface area (Å²) in [6, 6.07) is 15.4. The molecule has 1 amide bonds. The van der Waals surface area contributed by atoms with E-state index in [1.807, 2.05) is 0 Å². The molecule has 10 heteroatoms. The topological polar surface area (TPSA) is 109 Å². The molecule has 2 heterocycles. The number of fused-ring (bicyclic) bond motifs is 1. The van der Waals surface area contributed by atoms with Crippen LogP contribution in [0.15, 0.2) is 70.7 Å². The number of methoxy groups -OCH3 is 2. The van der Waals surface area contributed by atoms with E-state index in [1.54, 1.807) is 55.6 Å². The number of ketones is 1. The Labute approximate surface area is 218 Å². The molecule has 2 N–H and O–H groups in total. The summed E-state index contributed by atoms with van der Waals surface area (Å²) in [7, 11) is 3.08. The lowest BCUT2D eigenvalue weighted by Gasteiger charge is -2.23. The number of nitrogens with zero attached hydrogens (tertiary/aromatic N) is 2. The molecule has 1 atom stereocenters. The quantitative estimate of drug-likeness (QED) is 0.189. The Morgan fingerprint density at radius 1 is 1.03 bits per heavy atom. The van der Waals surface area contributed by atoms with Crippen molar-refractivity contribution >= 4 is 60.1 Å². The summed E-state index contributed by atoms with van der Waals surface area (Å²) in [5, 5.41) is 21.4. The monoisotopic (exact) mass is 566 g/mol. The first-order chi connectivity index (χ1) is 17.3. The number of aliphatic hydroxyl groups is 1. The highest BCUT2D eigenvalue weighted by molar-refractivity contribution is 9.10. The Kier molecular flexibility index (Phi) is 6.15. The molecule has 1 aliphatic heterocycles. The first-order valence-corrected chi connectivity index (χ1v) is 12.3. The fourth-order valence-corrected chi connectivity index (χ4v) is 5.66. The molecule has 0 aliphatic carbocycles. The third kappa shape index (κ3) is 3.98. The second-order valence-corrected chi connectivity index (χ2v) is 9.80. The van der Waals surface area contributed by atoms with E-state index >= 15 is 0 Å². The van der Waals surface area contributed by atoms with Crippen LogP contribution < -0.4 is 14.4 Å². The number of anilines is 1. The van der Waals surface area contributed by atoms with Gasteiger partial charge in [0.1, 0.15) is 23.0 Å². The number of aromatic hydroxyl groups is 1. The van der Waals surface area contributed by atoms with Gasteiger partial charge in [-0.15, -0.1) is 0 Å². The standard InChI is InChI=1S/C26H19BrN2O6S/c1-34-16-8-9-18-20(12-16)36-26(28-18)29-22(13-3-6-15(30)7-4-13)21(24(32)25(29)33)23(31)14-5-10-19(35-2)17(27)11-14/h3-12,22,30-31H,1-2H3/b23-21+. The number of ether oxygens (including phenoxy) is 2. The maximum Gasteiger partial charge on any atom is 0.301 e. The lowest BCUT2D eigenvalue weighted by molar-refractivity contribution is -0.132. The van der Waals surface area contributed by atoms with Gasteiger partial charge in [0.25, 0.3) is 5.78 Å². The van der Waals surface area contributed by atoms with Crippen molar-refractivity contribution in [2.45, 2.75) is 6.04 Å². The first kappa shape index (κ1) is 23.8. The number of phenols is 1. The summed E-state index contributed by atoms with van der Waals surface area (Å²) in [6.45, 7) is 0. The summed E-state index contributed by atoms with van der Waals surface area (Å²) in [6.07, 6.45) is 0. The van der Waals surface area contributed by atoms with Crippen LogP contribution in [0.25, 0.3) is 16.0 Å². The number of amides is 1. The zero-order valence-electron chi connectivity index (χ0n) is 19.1. The predicted octanol–water partition coefficient (Wildman–Crippen LogP) is 5.41. The van der Waals surface area contributed by atoms with Crippen molar-refractivity contribution in [3.63, 3.8) is 0 Å². The van der Waals surface area contributed by atoms with Crippen LogP contribution in [0.1, 0.15) is 17.2 Å². The minimum atomic E-state index is -0.964. The molecule has 1 saturated heterocycles. The largest absolute Gasteiger partial charge is 0.508 e. The van der Waals surface area contributed by atoms with E-state index in [2.05, 4.69) is 20.9 Å². The number of Topliss-reactive ketones (excluding diaryl/α,β-unsaturated/α-hetero) is 1. The van der Waals surface area contributed by atoms with Gasteiger partial charge in [-0.1, -0.05) is 23.5 Å². The van der Waals surface area contributed by atoms with E-state index in [0.717, 1.165) is 4.70 Å². The normalized spacial score (nSPS) is 17.1. The van der Waals surface area contributed by atoms with Gasteiger partial charge < -0.3 is 19.7 Å². The Hall–Kier alpha value is -3.89. The van der Waals surface area contributed by atoms with Crippen molar-refractivity contribution in [1.82, 2.24) is 4.98 Å². The Morgan fingerprint density at radius 3 is 2.44 bits per heavy atom. The van der Waals surface area contributed by atoms with Gasteiger partial charge in [0.05, 0.1) is 40.5 Å². The molecule has 0 bridgehead atoms. The highest BCUT2D eigenvalue weighted by atomic mass is 79.9. The molecule has 5 rings (SSSR count). The number of thiazole rings is 1. The third-order valence-corrected chi connectivity index (χ3v) is 7.51. The minimum Gasteiger partial charge on any atom is -0.508 e. The van der Waals surface area contributed by atoms with Gasteiger partial charge in [0, 0.05) is 5.56 Å². The van der Waals surface area contributed by atoms with Crippen molar-refractivity contribution in [2.24, 2.45) is 0 Å². The van der Waals surface area contributed by atoms with Crippen molar-refractivity contribution in [1.29, 1.82) is 0 Å². The molecule has 182 valence electrons. The molecule has 1 fully saturated rings. The molecule has 1 aliphatic rings. The zero-order chi connectivity index (χ0) is 25.6. The SMILES string of the molecule is COc1ccc2nc(N3C(=O)C(=O)/C(=C(/O)c4ccc(OC)c(Br)c4)C3c3ccc(O)cc3)sc2c1. The summed E-state index contributed by atoms with van der Waals surface area (Å²) < 4.78 is 11.9. The minimum absolute atomic E-state index is 0.0295. The fraction of sp³-hybridized carbons (Fsp3) is 0.115. The summed E-state index contributed by atoms with van der Waals surface area (Å²) in [4.78, 5) is 32.6. The van der Waals surface area contributed by atoms with Crippen LogP contribution in [0.2, 0.25) is 0 Å². The second kappa shape index (κ2) is 9.29. The number of benzene rings is 3. The fourth-order valence-electron chi connectivity index (χ4n) is 4.09. The molecule has 0 spiro atoms. The van der Waals surface area contributed by atoms with Gasteiger partial charge in [-0.25, -0.2) is 4.98 Å². The van der Waals surface area contributed by atoms with Crippen LogP contribution in [0.3, 0.4) is 0 Å². The van der Waals surface area contributed by atoms with Crippen LogP contribution in [0, 0.1) is 0 Å². The maximum atomic E-state index is 13.4. The van der Waals surface area contributed by atoms with Crippen molar-refractivity contribution in [3.05, 3.63) is 81.8 Å².